The second-order valence-electron chi connectivity index (χ2n) is 4.02. The summed E-state index contributed by atoms with van der Waals surface area (Å²) in [6, 6.07) is 8.34. The average Bonchev–Trinajstić information content (AvgIpc) is 2.45. The summed E-state index contributed by atoms with van der Waals surface area (Å²) in [5, 5.41) is 10.8. The lowest BCUT2D eigenvalue weighted by Crippen LogP contribution is -2.10. The Labute approximate surface area is 118 Å². The van der Waals surface area contributed by atoms with Crippen molar-refractivity contribution < 1.29 is 23.2 Å². The van der Waals surface area contributed by atoms with Gasteiger partial charge in [-0.05, 0) is 30.3 Å². The molecular formula is C14H11F2NO4. The molecule has 0 radical (unpaired) electrons. The van der Waals surface area contributed by atoms with Gasteiger partial charge in [0.2, 0.25) is 0 Å². The third-order valence-corrected chi connectivity index (χ3v) is 2.54. The third kappa shape index (κ3) is 4.13. The average molecular weight is 295 g/mol. The Morgan fingerprint density at radius 3 is 2.24 bits per heavy atom. The molecule has 5 nitrogen and oxygen atoms in total. The van der Waals surface area contributed by atoms with E-state index in [4.69, 9.17) is 9.47 Å². The standard InChI is InChI=1S/C14H11F2NO4/c15-10-1-4-12(5-2-10)20-7-8-21-14-9-11(16)3-6-13(14)17(18)19/h1-6,9H,7-8H2. The fourth-order valence-corrected chi connectivity index (χ4v) is 1.60. The number of hydrogen-bond donors (Lipinski definition) is 0. The second-order valence-corrected chi connectivity index (χ2v) is 4.02. The lowest BCUT2D eigenvalue weighted by molar-refractivity contribution is -0.385. The largest absolute Gasteiger partial charge is 0.490 e. The van der Waals surface area contributed by atoms with E-state index < -0.39 is 10.7 Å². The van der Waals surface area contributed by atoms with Crippen molar-refractivity contribution in [2.75, 3.05) is 13.2 Å². The molecule has 7 heteroatoms. The van der Waals surface area contributed by atoms with Gasteiger partial charge in [0, 0.05) is 12.1 Å². The molecule has 110 valence electrons. The molecule has 0 fully saturated rings. The lowest BCUT2D eigenvalue weighted by atomic mass is 10.3. The van der Waals surface area contributed by atoms with Crippen molar-refractivity contribution in [2.45, 2.75) is 0 Å². The molecule has 0 unspecified atom stereocenters. The molecule has 21 heavy (non-hydrogen) atoms. The van der Waals surface area contributed by atoms with Crippen molar-refractivity contribution >= 4 is 5.69 Å². The molecule has 0 saturated heterocycles. The maximum atomic E-state index is 13.1. The summed E-state index contributed by atoms with van der Waals surface area (Å²) in [4.78, 5) is 10.1. The van der Waals surface area contributed by atoms with E-state index >= 15 is 0 Å². The van der Waals surface area contributed by atoms with Gasteiger partial charge in [-0.25, -0.2) is 8.78 Å². The molecule has 0 saturated carbocycles. The van der Waals surface area contributed by atoms with Crippen LogP contribution in [0, 0.1) is 21.7 Å². The van der Waals surface area contributed by atoms with Crippen molar-refractivity contribution in [3.63, 3.8) is 0 Å². The number of nitro groups is 1. The summed E-state index contributed by atoms with van der Waals surface area (Å²) in [6.45, 7) is 0.0704. The van der Waals surface area contributed by atoms with Crippen LogP contribution in [-0.4, -0.2) is 18.1 Å². The molecule has 0 aliphatic carbocycles. The first-order valence-electron chi connectivity index (χ1n) is 6.01. The van der Waals surface area contributed by atoms with Gasteiger partial charge in [-0.2, -0.15) is 0 Å². The Kier molecular flexibility index (Phi) is 4.65. The van der Waals surface area contributed by atoms with E-state index in [0.29, 0.717) is 5.75 Å². The Balaban J connectivity index is 1.90. The SMILES string of the molecule is O=[N+]([O-])c1ccc(F)cc1OCCOc1ccc(F)cc1. The Morgan fingerprint density at radius 1 is 0.952 bits per heavy atom. The molecule has 2 aromatic carbocycles. The van der Waals surface area contributed by atoms with Crippen molar-refractivity contribution in [2.24, 2.45) is 0 Å². The molecule has 2 rings (SSSR count). The highest BCUT2D eigenvalue weighted by Crippen LogP contribution is 2.27. The normalized spacial score (nSPS) is 10.2. The van der Waals surface area contributed by atoms with Gasteiger partial charge >= 0.3 is 5.69 Å². The molecule has 2 aromatic rings. The zero-order valence-corrected chi connectivity index (χ0v) is 10.8. The van der Waals surface area contributed by atoms with Crippen LogP contribution in [0.5, 0.6) is 11.5 Å². The van der Waals surface area contributed by atoms with Gasteiger partial charge in [0.1, 0.15) is 30.6 Å². The molecule has 0 aromatic heterocycles. The lowest BCUT2D eigenvalue weighted by Gasteiger charge is -2.08. The second kappa shape index (κ2) is 6.65. The minimum Gasteiger partial charge on any atom is -0.490 e. The van der Waals surface area contributed by atoms with Gasteiger partial charge < -0.3 is 9.47 Å². The highest BCUT2D eigenvalue weighted by Gasteiger charge is 2.15. The Hall–Kier alpha value is -2.70. The number of nitro benzene ring substituents is 1. The van der Waals surface area contributed by atoms with Crippen molar-refractivity contribution in [1.82, 2.24) is 0 Å². The predicted octanol–water partition coefficient (Wildman–Crippen LogP) is 3.33. The third-order valence-electron chi connectivity index (χ3n) is 2.54. The summed E-state index contributed by atoms with van der Waals surface area (Å²) in [5.74, 6) is -0.736. The van der Waals surface area contributed by atoms with Gasteiger partial charge in [0.05, 0.1) is 4.92 Å². The van der Waals surface area contributed by atoms with Gasteiger partial charge in [-0.15, -0.1) is 0 Å². The minimum absolute atomic E-state index is 0.0122. The fourth-order valence-electron chi connectivity index (χ4n) is 1.60. The molecule has 0 heterocycles. The summed E-state index contributed by atoms with van der Waals surface area (Å²) in [7, 11) is 0. The van der Waals surface area contributed by atoms with Crippen molar-refractivity contribution in [1.29, 1.82) is 0 Å². The van der Waals surface area contributed by atoms with E-state index in [1.54, 1.807) is 0 Å². The van der Waals surface area contributed by atoms with E-state index in [1.165, 1.54) is 24.3 Å². The van der Waals surface area contributed by atoms with E-state index in [1.807, 2.05) is 0 Å². The van der Waals surface area contributed by atoms with Crippen molar-refractivity contribution in [3.05, 3.63) is 64.2 Å². The minimum atomic E-state index is -0.657. The van der Waals surface area contributed by atoms with E-state index in [9.17, 15) is 18.9 Å². The molecule has 0 spiro atoms. The molecule has 0 aliphatic rings. The van der Waals surface area contributed by atoms with Gasteiger partial charge in [-0.3, -0.25) is 10.1 Å². The zero-order chi connectivity index (χ0) is 15.2. The molecule has 0 atom stereocenters. The molecule has 0 bridgehead atoms. The number of hydrogen-bond acceptors (Lipinski definition) is 4. The van der Waals surface area contributed by atoms with Crippen LogP contribution in [-0.2, 0) is 0 Å². The first-order chi connectivity index (χ1) is 10.1. The fraction of sp³-hybridized carbons (Fsp3) is 0.143. The summed E-state index contributed by atoms with van der Waals surface area (Å²) >= 11 is 0. The number of rotatable bonds is 6. The Bertz CT molecular complexity index is 631. The highest BCUT2D eigenvalue weighted by molar-refractivity contribution is 5.46. The van der Waals surface area contributed by atoms with Crippen LogP contribution in [0.2, 0.25) is 0 Å². The maximum Gasteiger partial charge on any atom is 0.311 e. The van der Waals surface area contributed by atoms with Crippen LogP contribution in [0.4, 0.5) is 14.5 Å². The van der Waals surface area contributed by atoms with Gasteiger partial charge in [0.15, 0.2) is 5.75 Å². The van der Waals surface area contributed by atoms with Crippen LogP contribution < -0.4 is 9.47 Å². The van der Waals surface area contributed by atoms with Gasteiger partial charge in [-0.1, -0.05) is 0 Å². The van der Waals surface area contributed by atoms with Gasteiger partial charge in [0.25, 0.3) is 0 Å². The van der Waals surface area contributed by atoms with Crippen LogP contribution in [0.3, 0.4) is 0 Å². The van der Waals surface area contributed by atoms with E-state index in [0.717, 1.165) is 18.2 Å². The summed E-state index contributed by atoms with van der Waals surface area (Å²) in [6.07, 6.45) is 0. The molecular weight excluding hydrogens is 284 g/mol. The first-order valence-corrected chi connectivity index (χ1v) is 6.01. The zero-order valence-electron chi connectivity index (χ0n) is 10.8. The van der Waals surface area contributed by atoms with Crippen molar-refractivity contribution in [3.8, 4) is 11.5 Å². The number of benzene rings is 2. The monoisotopic (exact) mass is 295 g/mol. The smallest absolute Gasteiger partial charge is 0.311 e. The van der Waals surface area contributed by atoms with E-state index in [2.05, 4.69) is 0 Å². The number of halogens is 2. The Morgan fingerprint density at radius 2 is 1.57 bits per heavy atom. The summed E-state index contributed by atoms with van der Waals surface area (Å²) < 4.78 is 36.1. The molecule has 0 amide bonds. The summed E-state index contributed by atoms with van der Waals surface area (Å²) in [5.41, 5.74) is -0.321. The van der Waals surface area contributed by atoms with Crippen LogP contribution >= 0.6 is 0 Å². The van der Waals surface area contributed by atoms with E-state index in [-0.39, 0.29) is 30.5 Å². The highest BCUT2D eigenvalue weighted by atomic mass is 19.1. The molecule has 0 aliphatic heterocycles. The molecule has 0 N–H and O–H groups in total. The van der Waals surface area contributed by atoms with Crippen LogP contribution in [0.25, 0.3) is 0 Å². The quantitative estimate of drug-likeness (QED) is 0.466. The number of ether oxygens (including phenoxy) is 2. The predicted molar refractivity (Wildman–Crippen MR) is 70.4 cm³/mol. The van der Waals surface area contributed by atoms with Crippen LogP contribution in [0.1, 0.15) is 0 Å². The number of nitrogens with zero attached hydrogens (tertiary/aromatic N) is 1. The first kappa shape index (κ1) is 14.7. The topological polar surface area (TPSA) is 61.6 Å². The van der Waals surface area contributed by atoms with Crippen LogP contribution in [0.15, 0.2) is 42.5 Å². The maximum absolute atomic E-state index is 13.1.